The van der Waals surface area contributed by atoms with Crippen molar-refractivity contribution in [2.75, 3.05) is 17.2 Å². The molecular formula is C13H20N4OS. The molecule has 0 aromatic carbocycles. The van der Waals surface area contributed by atoms with E-state index in [0.29, 0.717) is 17.2 Å². The van der Waals surface area contributed by atoms with Gasteiger partial charge in [-0.3, -0.25) is 4.79 Å². The Morgan fingerprint density at radius 3 is 3.00 bits per heavy atom. The molecule has 0 saturated carbocycles. The lowest BCUT2D eigenvalue weighted by Gasteiger charge is -2.22. The van der Waals surface area contributed by atoms with Gasteiger partial charge in [0, 0.05) is 17.7 Å². The highest BCUT2D eigenvalue weighted by molar-refractivity contribution is 7.99. The van der Waals surface area contributed by atoms with Crippen LogP contribution in [-0.2, 0) is 0 Å². The number of hydrogen-bond acceptors (Lipinski definition) is 5. The Balaban J connectivity index is 2.11. The van der Waals surface area contributed by atoms with E-state index in [0.717, 1.165) is 18.6 Å². The van der Waals surface area contributed by atoms with Gasteiger partial charge in [-0.2, -0.15) is 11.8 Å². The van der Waals surface area contributed by atoms with Gasteiger partial charge in [-0.05, 0) is 18.6 Å². The fourth-order valence-corrected chi connectivity index (χ4v) is 3.05. The average molecular weight is 280 g/mol. The summed E-state index contributed by atoms with van der Waals surface area (Å²) in [7, 11) is 0. The number of amides is 1. The van der Waals surface area contributed by atoms with Crippen LogP contribution in [0.3, 0.4) is 0 Å². The summed E-state index contributed by atoms with van der Waals surface area (Å²) in [5.74, 6) is 2.79. The van der Waals surface area contributed by atoms with Crippen LogP contribution >= 0.6 is 11.8 Å². The van der Waals surface area contributed by atoms with Crippen LogP contribution in [0, 0.1) is 0 Å². The summed E-state index contributed by atoms with van der Waals surface area (Å²) in [6, 6.07) is 0.225. The summed E-state index contributed by atoms with van der Waals surface area (Å²) < 4.78 is 0. The Kier molecular flexibility index (Phi) is 4.63. The molecule has 1 amide bonds. The molecule has 19 heavy (non-hydrogen) atoms. The van der Waals surface area contributed by atoms with Crippen molar-refractivity contribution in [1.82, 2.24) is 15.3 Å². The molecule has 1 aromatic rings. The van der Waals surface area contributed by atoms with E-state index in [9.17, 15) is 4.79 Å². The summed E-state index contributed by atoms with van der Waals surface area (Å²) in [5, 5.41) is 3.01. The smallest absolute Gasteiger partial charge is 0.272 e. The standard InChI is InChI=1S/C13H20N4OS/c1-8(2)12-15-6-10(14)11(17-12)13(18)16-9-4-3-5-19-7-9/h6,8-9H,3-5,7,14H2,1-2H3,(H,16,18). The topological polar surface area (TPSA) is 80.9 Å². The van der Waals surface area contributed by atoms with Crippen LogP contribution in [0.4, 0.5) is 5.69 Å². The molecule has 0 spiro atoms. The van der Waals surface area contributed by atoms with Gasteiger partial charge in [0.1, 0.15) is 5.82 Å². The van der Waals surface area contributed by atoms with Crippen LogP contribution in [0.5, 0.6) is 0 Å². The maximum Gasteiger partial charge on any atom is 0.272 e. The zero-order chi connectivity index (χ0) is 13.8. The second-order valence-electron chi connectivity index (χ2n) is 5.07. The lowest BCUT2D eigenvalue weighted by atomic mass is 10.1. The Hall–Kier alpha value is -1.30. The summed E-state index contributed by atoms with van der Waals surface area (Å²) in [5.41, 5.74) is 6.44. The van der Waals surface area contributed by atoms with E-state index in [1.54, 1.807) is 0 Å². The zero-order valence-corrected chi connectivity index (χ0v) is 12.2. The van der Waals surface area contributed by atoms with E-state index in [1.807, 2.05) is 25.6 Å². The van der Waals surface area contributed by atoms with Crippen molar-refractivity contribution >= 4 is 23.4 Å². The van der Waals surface area contributed by atoms with Gasteiger partial charge >= 0.3 is 0 Å². The molecule has 3 N–H and O–H groups in total. The second kappa shape index (κ2) is 6.23. The number of nitrogens with zero attached hydrogens (tertiary/aromatic N) is 2. The van der Waals surface area contributed by atoms with E-state index in [4.69, 9.17) is 5.73 Å². The lowest BCUT2D eigenvalue weighted by Crippen LogP contribution is -2.39. The largest absolute Gasteiger partial charge is 0.396 e. The third-order valence-electron chi connectivity index (χ3n) is 3.06. The molecule has 0 radical (unpaired) electrons. The lowest BCUT2D eigenvalue weighted by molar-refractivity contribution is 0.0934. The van der Waals surface area contributed by atoms with Crippen molar-refractivity contribution in [1.29, 1.82) is 0 Å². The number of carbonyl (C=O) groups excluding carboxylic acids is 1. The molecule has 1 atom stereocenters. The predicted molar refractivity (Wildman–Crippen MR) is 78.3 cm³/mol. The first-order chi connectivity index (χ1) is 9.08. The number of carbonyl (C=O) groups is 1. The van der Waals surface area contributed by atoms with Gasteiger partial charge in [0.25, 0.3) is 5.91 Å². The molecule has 1 aromatic heterocycles. The number of thioether (sulfide) groups is 1. The van der Waals surface area contributed by atoms with Gasteiger partial charge < -0.3 is 11.1 Å². The number of nitrogen functional groups attached to an aromatic ring is 1. The van der Waals surface area contributed by atoms with E-state index >= 15 is 0 Å². The Morgan fingerprint density at radius 1 is 1.58 bits per heavy atom. The minimum Gasteiger partial charge on any atom is -0.396 e. The van der Waals surface area contributed by atoms with Crippen molar-refractivity contribution < 1.29 is 4.79 Å². The molecule has 1 aliphatic rings. The molecule has 6 heteroatoms. The first-order valence-electron chi connectivity index (χ1n) is 6.59. The molecule has 1 saturated heterocycles. The first-order valence-corrected chi connectivity index (χ1v) is 7.74. The molecule has 0 bridgehead atoms. The maximum absolute atomic E-state index is 12.2. The maximum atomic E-state index is 12.2. The molecule has 5 nitrogen and oxygen atoms in total. The molecule has 104 valence electrons. The SMILES string of the molecule is CC(C)c1ncc(N)c(C(=O)NC2CCCSC2)n1. The van der Waals surface area contributed by atoms with Crippen LogP contribution in [0.2, 0.25) is 0 Å². The van der Waals surface area contributed by atoms with E-state index < -0.39 is 0 Å². The number of rotatable bonds is 3. The highest BCUT2D eigenvalue weighted by Crippen LogP contribution is 2.18. The number of nitrogens with two attached hydrogens (primary N) is 1. The second-order valence-corrected chi connectivity index (χ2v) is 6.22. The molecule has 1 fully saturated rings. The number of hydrogen-bond donors (Lipinski definition) is 2. The third-order valence-corrected chi connectivity index (χ3v) is 4.28. The molecule has 1 unspecified atom stereocenters. The van der Waals surface area contributed by atoms with Crippen LogP contribution in [0.15, 0.2) is 6.20 Å². The fourth-order valence-electron chi connectivity index (χ4n) is 1.97. The van der Waals surface area contributed by atoms with Crippen LogP contribution in [0.1, 0.15) is 48.9 Å². The van der Waals surface area contributed by atoms with Crippen LogP contribution in [0.25, 0.3) is 0 Å². The van der Waals surface area contributed by atoms with Gasteiger partial charge in [-0.15, -0.1) is 0 Å². The van der Waals surface area contributed by atoms with Gasteiger partial charge in [-0.1, -0.05) is 13.8 Å². The normalized spacial score (nSPS) is 19.4. The number of anilines is 1. The van der Waals surface area contributed by atoms with Gasteiger partial charge in [0.05, 0.1) is 11.9 Å². The fraction of sp³-hybridized carbons (Fsp3) is 0.615. The summed E-state index contributed by atoms with van der Waals surface area (Å²) in [6.45, 7) is 3.98. The average Bonchev–Trinajstić information content (AvgIpc) is 2.40. The highest BCUT2D eigenvalue weighted by Gasteiger charge is 2.20. The minimum atomic E-state index is -0.186. The first kappa shape index (κ1) is 14.1. The van der Waals surface area contributed by atoms with Gasteiger partial charge in [0.2, 0.25) is 0 Å². The van der Waals surface area contributed by atoms with Gasteiger partial charge in [-0.25, -0.2) is 9.97 Å². The van der Waals surface area contributed by atoms with Crippen molar-refractivity contribution in [2.24, 2.45) is 0 Å². The Labute approximate surface area is 117 Å². The van der Waals surface area contributed by atoms with Crippen molar-refractivity contribution in [3.63, 3.8) is 0 Å². The van der Waals surface area contributed by atoms with Crippen molar-refractivity contribution in [3.8, 4) is 0 Å². The zero-order valence-electron chi connectivity index (χ0n) is 11.3. The Morgan fingerprint density at radius 2 is 2.37 bits per heavy atom. The number of aromatic nitrogens is 2. The number of nitrogens with one attached hydrogen (secondary N) is 1. The van der Waals surface area contributed by atoms with Crippen molar-refractivity contribution in [2.45, 2.75) is 38.6 Å². The quantitative estimate of drug-likeness (QED) is 0.882. The summed E-state index contributed by atoms with van der Waals surface area (Å²) in [6.07, 6.45) is 3.69. The monoisotopic (exact) mass is 280 g/mol. The van der Waals surface area contributed by atoms with E-state index in [2.05, 4.69) is 15.3 Å². The predicted octanol–water partition coefficient (Wildman–Crippen LogP) is 1.81. The Bertz CT molecular complexity index is 458. The van der Waals surface area contributed by atoms with Gasteiger partial charge in [0.15, 0.2) is 5.69 Å². The van der Waals surface area contributed by atoms with Crippen LogP contribution in [-0.4, -0.2) is 33.4 Å². The summed E-state index contributed by atoms with van der Waals surface area (Å²) >= 11 is 1.87. The van der Waals surface area contributed by atoms with Crippen molar-refractivity contribution in [3.05, 3.63) is 17.7 Å². The van der Waals surface area contributed by atoms with Crippen LogP contribution < -0.4 is 11.1 Å². The summed E-state index contributed by atoms with van der Waals surface area (Å²) in [4.78, 5) is 20.6. The molecule has 2 rings (SSSR count). The molecule has 1 aliphatic heterocycles. The third kappa shape index (κ3) is 3.59. The molecular weight excluding hydrogens is 260 g/mol. The molecule has 2 heterocycles. The van der Waals surface area contributed by atoms with E-state index in [-0.39, 0.29) is 17.9 Å². The van der Waals surface area contributed by atoms with E-state index in [1.165, 1.54) is 11.9 Å². The minimum absolute atomic E-state index is 0.178. The highest BCUT2D eigenvalue weighted by atomic mass is 32.2. The molecule has 0 aliphatic carbocycles.